The van der Waals surface area contributed by atoms with Crippen molar-refractivity contribution in [2.75, 3.05) is 6.54 Å². The molecule has 0 atom stereocenters. The van der Waals surface area contributed by atoms with E-state index in [2.05, 4.69) is 22.7 Å². The van der Waals surface area contributed by atoms with Crippen molar-refractivity contribution in [1.82, 2.24) is 16.2 Å². The standard InChI is InChI=1S/C15H14FN3O3/c1-10(13-7-4-8-22-13)18-19-14(20)9-17-15(21)11-5-2-3-6-12(11)16/h2-8,18H,1,9H2,(H,17,21)(H,19,20). The molecule has 0 saturated carbocycles. The van der Waals surface area contributed by atoms with Crippen LogP contribution in [0, 0.1) is 5.82 Å². The summed E-state index contributed by atoms with van der Waals surface area (Å²) in [5.74, 6) is -1.36. The number of halogens is 1. The van der Waals surface area contributed by atoms with Gasteiger partial charge in [-0.15, -0.1) is 0 Å². The highest BCUT2D eigenvalue weighted by Gasteiger charge is 2.12. The Morgan fingerprint density at radius 2 is 1.91 bits per heavy atom. The van der Waals surface area contributed by atoms with Gasteiger partial charge < -0.3 is 9.73 Å². The summed E-state index contributed by atoms with van der Waals surface area (Å²) < 4.78 is 18.5. The molecule has 0 saturated heterocycles. The predicted octanol–water partition coefficient (Wildman–Crippen LogP) is 1.44. The molecular weight excluding hydrogens is 289 g/mol. The Bertz CT molecular complexity index is 683. The van der Waals surface area contributed by atoms with Crippen LogP contribution in [-0.4, -0.2) is 18.4 Å². The summed E-state index contributed by atoms with van der Waals surface area (Å²) in [5, 5.41) is 2.31. The zero-order valence-corrected chi connectivity index (χ0v) is 11.6. The smallest absolute Gasteiger partial charge is 0.257 e. The first-order chi connectivity index (χ1) is 10.6. The van der Waals surface area contributed by atoms with E-state index >= 15 is 0 Å². The number of furan rings is 1. The van der Waals surface area contributed by atoms with Crippen molar-refractivity contribution >= 4 is 17.5 Å². The molecule has 2 amide bonds. The van der Waals surface area contributed by atoms with Crippen molar-refractivity contribution in [3.63, 3.8) is 0 Å². The van der Waals surface area contributed by atoms with Crippen molar-refractivity contribution in [1.29, 1.82) is 0 Å². The summed E-state index contributed by atoms with van der Waals surface area (Å²) in [7, 11) is 0. The molecule has 3 N–H and O–H groups in total. The van der Waals surface area contributed by atoms with E-state index in [1.807, 2.05) is 0 Å². The SMILES string of the molecule is C=C(NNC(=O)CNC(=O)c1ccccc1F)c1ccco1. The molecule has 7 heteroatoms. The maximum Gasteiger partial charge on any atom is 0.257 e. The fourth-order valence-electron chi connectivity index (χ4n) is 1.60. The van der Waals surface area contributed by atoms with Gasteiger partial charge in [0.05, 0.1) is 24.1 Å². The molecule has 22 heavy (non-hydrogen) atoms. The number of hydrogen-bond donors (Lipinski definition) is 3. The monoisotopic (exact) mass is 303 g/mol. The highest BCUT2D eigenvalue weighted by atomic mass is 19.1. The molecule has 1 heterocycles. The Kier molecular flexibility index (Phi) is 4.92. The van der Waals surface area contributed by atoms with Crippen LogP contribution in [0.2, 0.25) is 0 Å². The van der Waals surface area contributed by atoms with Crippen molar-refractivity contribution in [2.45, 2.75) is 0 Å². The molecule has 0 radical (unpaired) electrons. The van der Waals surface area contributed by atoms with E-state index in [0.717, 1.165) is 0 Å². The third-order valence-electron chi connectivity index (χ3n) is 2.70. The molecule has 2 rings (SSSR count). The van der Waals surface area contributed by atoms with Crippen LogP contribution in [0.15, 0.2) is 53.7 Å². The number of rotatable bonds is 6. The molecule has 2 aromatic rings. The van der Waals surface area contributed by atoms with E-state index in [1.54, 1.807) is 12.1 Å². The van der Waals surface area contributed by atoms with Crippen molar-refractivity contribution in [2.24, 2.45) is 0 Å². The minimum atomic E-state index is -0.668. The lowest BCUT2D eigenvalue weighted by atomic mass is 10.2. The van der Waals surface area contributed by atoms with Crippen molar-refractivity contribution in [3.8, 4) is 0 Å². The van der Waals surface area contributed by atoms with Crippen LogP contribution in [0.3, 0.4) is 0 Å². The lowest BCUT2D eigenvalue weighted by Gasteiger charge is -2.10. The van der Waals surface area contributed by atoms with Gasteiger partial charge in [0.2, 0.25) is 0 Å². The van der Waals surface area contributed by atoms with Gasteiger partial charge in [0, 0.05) is 0 Å². The first-order valence-corrected chi connectivity index (χ1v) is 6.38. The summed E-state index contributed by atoms with van der Waals surface area (Å²) in [4.78, 5) is 23.3. The van der Waals surface area contributed by atoms with Crippen LogP contribution in [0.25, 0.3) is 5.70 Å². The second-order valence-electron chi connectivity index (χ2n) is 4.29. The number of carbonyl (C=O) groups is 2. The van der Waals surface area contributed by atoms with Crippen molar-refractivity contribution < 1.29 is 18.4 Å². The molecule has 1 aromatic heterocycles. The zero-order valence-electron chi connectivity index (χ0n) is 11.6. The Labute approximate surface area is 126 Å². The first-order valence-electron chi connectivity index (χ1n) is 6.38. The number of amides is 2. The number of hydrogen-bond acceptors (Lipinski definition) is 4. The lowest BCUT2D eigenvalue weighted by molar-refractivity contribution is -0.120. The Morgan fingerprint density at radius 1 is 1.14 bits per heavy atom. The molecule has 1 aromatic carbocycles. The highest BCUT2D eigenvalue weighted by molar-refractivity contribution is 5.96. The van der Waals surface area contributed by atoms with Crippen LogP contribution in [0.4, 0.5) is 4.39 Å². The maximum atomic E-state index is 13.4. The van der Waals surface area contributed by atoms with E-state index in [1.165, 1.54) is 30.5 Å². The largest absolute Gasteiger partial charge is 0.463 e. The third-order valence-corrected chi connectivity index (χ3v) is 2.70. The molecule has 0 aliphatic heterocycles. The fourth-order valence-corrected chi connectivity index (χ4v) is 1.60. The second-order valence-corrected chi connectivity index (χ2v) is 4.29. The van der Waals surface area contributed by atoms with Gasteiger partial charge >= 0.3 is 0 Å². The third kappa shape index (κ3) is 3.95. The molecular formula is C15H14FN3O3. The molecule has 0 unspecified atom stereocenters. The van der Waals surface area contributed by atoms with Gasteiger partial charge in [-0.3, -0.25) is 20.4 Å². The van der Waals surface area contributed by atoms with Gasteiger partial charge in [-0.05, 0) is 24.3 Å². The molecule has 0 spiro atoms. The van der Waals surface area contributed by atoms with Crippen LogP contribution in [-0.2, 0) is 4.79 Å². The van der Waals surface area contributed by atoms with Gasteiger partial charge in [0.25, 0.3) is 11.8 Å². The highest BCUT2D eigenvalue weighted by Crippen LogP contribution is 2.08. The van der Waals surface area contributed by atoms with Crippen LogP contribution in [0.5, 0.6) is 0 Å². The topological polar surface area (TPSA) is 83.4 Å². The second kappa shape index (κ2) is 7.07. The summed E-state index contributed by atoms with van der Waals surface area (Å²) in [6.45, 7) is 3.35. The predicted molar refractivity (Wildman–Crippen MR) is 77.8 cm³/mol. The number of hydrazine groups is 1. The summed E-state index contributed by atoms with van der Waals surface area (Å²) in [5.41, 5.74) is 5.12. The van der Waals surface area contributed by atoms with Crippen LogP contribution >= 0.6 is 0 Å². The molecule has 6 nitrogen and oxygen atoms in total. The van der Waals surface area contributed by atoms with E-state index < -0.39 is 17.6 Å². The Morgan fingerprint density at radius 3 is 2.59 bits per heavy atom. The minimum Gasteiger partial charge on any atom is -0.463 e. The summed E-state index contributed by atoms with van der Waals surface area (Å²) in [6.07, 6.45) is 1.47. The van der Waals surface area contributed by atoms with Crippen LogP contribution < -0.4 is 16.2 Å². The Balaban J connectivity index is 1.77. The lowest BCUT2D eigenvalue weighted by Crippen LogP contribution is -2.43. The molecule has 114 valence electrons. The van der Waals surface area contributed by atoms with Crippen LogP contribution in [0.1, 0.15) is 16.1 Å². The number of carbonyl (C=O) groups excluding carboxylic acids is 2. The first kappa shape index (κ1) is 15.3. The molecule has 0 aliphatic carbocycles. The Hall–Kier alpha value is -3.09. The van der Waals surface area contributed by atoms with E-state index in [9.17, 15) is 14.0 Å². The molecule has 0 aliphatic rings. The number of nitrogens with one attached hydrogen (secondary N) is 3. The quantitative estimate of drug-likeness (QED) is 0.705. The van der Waals surface area contributed by atoms with E-state index in [-0.39, 0.29) is 12.1 Å². The van der Waals surface area contributed by atoms with Crippen molar-refractivity contribution in [3.05, 3.63) is 66.4 Å². The normalized spacial score (nSPS) is 9.86. The average molecular weight is 303 g/mol. The van der Waals surface area contributed by atoms with E-state index in [0.29, 0.717) is 11.5 Å². The molecule has 0 bridgehead atoms. The van der Waals surface area contributed by atoms with Gasteiger partial charge in [-0.2, -0.15) is 0 Å². The van der Waals surface area contributed by atoms with Gasteiger partial charge in [0.1, 0.15) is 5.82 Å². The van der Waals surface area contributed by atoms with E-state index in [4.69, 9.17) is 4.42 Å². The van der Waals surface area contributed by atoms with Gasteiger partial charge in [-0.25, -0.2) is 4.39 Å². The van der Waals surface area contributed by atoms with Gasteiger partial charge in [-0.1, -0.05) is 18.7 Å². The fraction of sp³-hybridized carbons (Fsp3) is 0.0667. The maximum absolute atomic E-state index is 13.4. The number of benzene rings is 1. The summed E-state index contributed by atoms with van der Waals surface area (Å²) >= 11 is 0. The average Bonchev–Trinajstić information content (AvgIpc) is 3.05. The minimum absolute atomic E-state index is 0.122. The summed E-state index contributed by atoms with van der Waals surface area (Å²) in [6, 6.07) is 8.86. The van der Waals surface area contributed by atoms with Gasteiger partial charge in [0.15, 0.2) is 5.76 Å². The molecule has 0 fully saturated rings. The zero-order chi connectivity index (χ0) is 15.9.